The van der Waals surface area contributed by atoms with Gasteiger partial charge < -0.3 is 62.9 Å². The van der Waals surface area contributed by atoms with Crippen LogP contribution in [0.4, 0.5) is 10.5 Å². The van der Waals surface area contributed by atoms with E-state index in [-0.39, 0.29) is 76.1 Å². The molecule has 7 unspecified atom stereocenters. The van der Waals surface area contributed by atoms with E-state index in [1.54, 1.807) is 45.2 Å². The van der Waals surface area contributed by atoms with Crippen molar-refractivity contribution in [2.75, 3.05) is 99.2 Å². The number of benzene rings is 1. The predicted molar refractivity (Wildman–Crippen MR) is 262 cm³/mol. The highest BCUT2D eigenvalue weighted by molar-refractivity contribution is 6.35. The lowest BCUT2D eigenvalue weighted by Gasteiger charge is -2.42. The van der Waals surface area contributed by atoms with Crippen molar-refractivity contribution < 1.29 is 81.3 Å². The van der Waals surface area contributed by atoms with Gasteiger partial charge in [-0.2, -0.15) is 0 Å². The Balaban J connectivity index is 1.09. The predicted octanol–water partition coefficient (Wildman–Crippen LogP) is 2.40. The fourth-order valence-electron chi connectivity index (χ4n) is 8.53. The van der Waals surface area contributed by atoms with Crippen molar-refractivity contribution >= 4 is 58.9 Å². The first-order valence-electron chi connectivity index (χ1n) is 24.2. The lowest BCUT2D eigenvalue weighted by Crippen LogP contribution is -2.63. The summed E-state index contributed by atoms with van der Waals surface area (Å²) in [7, 11) is 5.91. The van der Waals surface area contributed by atoms with Crippen LogP contribution in [0.2, 0.25) is 5.02 Å². The van der Waals surface area contributed by atoms with Crippen molar-refractivity contribution in [1.29, 1.82) is 0 Å². The third-order valence-electron chi connectivity index (χ3n) is 13.1. The van der Waals surface area contributed by atoms with E-state index < -0.39 is 83.4 Å². The van der Waals surface area contributed by atoms with E-state index in [2.05, 4.69) is 10.6 Å². The quantitative estimate of drug-likeness (QED) is 0.0615. The van der Waals surface area contributed by atoms with Gasteiger partial charge in [0.05, 0.1) is 84.6 Å². The van der Waals surface area contributed by atoms with Crippen molar-refractivity contribution in [3.8, 4) is 5.75 Å². The minimum absolute atomic E-state index is 0.00160. The smallest absolute Gasteiger partial charge is 0.409 e. The summed E-state index contributed by atoms with van der Waals surface area (Å²) >= 11 is 6.80. The number of nitrogens with one attached hydrogen (secondary N) is 2. The number of fused-ring (bicyclic) bond motifs is 5. The number of hydrogen-bond donors (Lipinski definition) is 3. The number of ether oxygens (including phenoxy) is 9. The van der Waals surface area contributed by atoms with Crippen LogP contribution in [-0.4, -0.2) is 193 Å². The fourth-order valence-corrected chi connectivity index (χ4v) is 8.84. The lowest BCUT2D eigenvalue weighted by molar-refractivity contribution is -0.162. The Morgan fingerprint density at radius 2 is 1.60 bits per heavy atom. The number of carbonyl (C=O) groups is 7. The maximum atomic E-state index is 14.3. The molecule has 404 valence electrons. The molecule has 0 saturated carbocycles. The van der Waals surface area contributed by atoms with Gasteiger partial charge in [-0.1, -0.05) is 42.3 Å². The molecule has 0 aliphatic carbocycles. The highest BCUT2D eigenvalue weighted by atomic mass is 35.5. The van der Waals surface area contributed by atoms with Gasteiger partial charge in [0.2, 0.25) is 17.7 Å². The molecule has 4 bridgehead atoms. The Morgan fingerprint density at radius 1 is 0.973 bits per heavy atom. The molecule has 0 spiro atoms. The number of hydrogen-bond acceptors (Lipinski definition) is 17. The Bertz CT molecular complexity index is 2230. The number of methoxy groups -OCH3 is 2. The van der Waals surface area contributed by atoms with Crippen LogP contribution in [0.15, 0.2) is 48.1 Å². The zero-order valence-electron chi connectivity index (χ0n) is 42.8. The minimum Gasteiger partial charge on any atom is -0.495 e. The van der Waals surface area contributed by atoms with Gasteiger partial charge in [0.15, 0.2) is 5.72 Å². The lowest BCUT2D eigenvalue weighted by atomic mass is 9.83. The summed E-state index contributed by atoms with van der Waals surface area (Å²) in [6.45, 7) is 9.11. The largest absolute Gasteiger partial charge is 0.495 e. The molecule has 22 nitrogen and oxygen atoms in total. The van der Waals surface area contributed by atoms with Crippen molar-refractivity contribution in [1.82, 2.24) is 20.4 Å². The number of halogens is 1. The average molecular weight is 1050 g/mol. The number of aliphatic hydroxyl groups is 1. The average Bonchev–Trinajstić information content (AvgIpc) is 3.95. The van der Waals surface area contributed by atoms with Gasteiger partial charge in [-0.15, -0.1) is 0 Å². The number of esters is 1. The molecule has 0 radical (unpaired) electrons. The number of rotatable bonds is 23. The van der Waals surface area contributed by atoms with E-state index in [9.17, 15) is 38.7 Å². The van der Waals surface area contributed by atoms with Crippen molar-refractivity contribution in [3.63, 3.8) is 0 Å². The van der Waals surface area contributed by atoms with Crippen LogP contribution in [0.1, 0.15) is 58.9 Å². The van der Waals surface area contributed by atoms with Gasteiger partial charge in [-0.25, -0.2) is 9.59 Å². The Labute approximate surface area is 430 Å². The molecule has 4 heterocycles. The SMILES string of the molecule is COc1cc2cc(c1Cl)N(C)C(=O)CC(OC(=O)[C@H](C)N(C)C(=O)CCOCCOCCOCCOCCNC(=O)CCN1C(=O)C=CC1=O)C1(C)OC1C(C)C1CC(O)(NC(=O)O1)C(OC)/C=C/C=C(\C)C2. The van der Waals surface area contributed by atoms with Crippen molar-refractivity contribution in [3.05, 3.63) is 58.7 Å². The number of allylic oxidation sites excluding steroid dienone is 3. The van der Waals surface area contributed by atoms with E-state index in [1.807, 2.05) is 13.0 Å². The second-order valence-corrected chi connectivity index (χ2v) is 18.7. The second-order valence-electron chi connectivity index (χ2n) is 18.4. The molecule has 2 saturated heterocycles. The van der Waals surface area contributed by atoms with E-state index in [0.29, 0.717) is 44.3 Å². The van der Waals surface area contributed by atoms with Gasteiger partial charge in [0.25, 0.3) is 11.8 Å². The molecule has 6 amide bonds. The molecule has 23 heteroatoms. The number of anilines is 1. The van der Waals surface area contributed by atoms with Gasteiger partial charge in [-0.3, -0.25) is 34.2 Å². The first-order chi connectivity index (χ1) is 34.7. The number of carbonyl (C=O) groups excluding carboxylic acids is 7. The Kier molecular flexibility index (Phi) is 21.8. The maximum Gasteiger partial charge on any atom is 0.409 e. The third-order valence-corrected chi connectivity index (χ3v) is 13.5. The van der Waals surface area contributed by atoms with Crippen LogP contribution in [0.25, 0.3) is 0 Å². The molecule has 5 rings (SSSR count). The topological polar surface area (TPSA) is 260 Å². The number of nitrogens with zero attached hydrogens (tertiary/aromatic N) is 3. The van der Waals surface area contributed by atoms with Crippen molar-refractivity contribution in [2.24, 2.45) is 5.92 Å². The molecular weight excluding hydrogens is 978 g/mol. The molecule has 2 fully saturated rings. The van der Waals surface area contributed by atoms with Crippen LogP contribution in [-0.2, 0) is 73.1 Å². The zero-order chi connectivity index (χ0) is 53.5. The van der Waals surface area contributed by atoms with Gasteiger partial charge >= 0.3 is 12.1 Å². The Hall–Kier alpha value is -5.46. The summed E-state index contributed by atoms with van der Waals surface area (Å²) in [6, 6.07) is 2.46. The summed E-state index contributed by atoms with van der Waals surface area (Å²) in [5.41, 5.74) is -1.11. The second kappa shape index (κ2) is 27.2. The standard InChI is InChI=1S/C50H70ClN5O17/c1-31-10-9-11-38(66-8)50(64)30-37(71-48(63)53-50)32(2)46-49(4,73-46)39(29-44(61)55(6)35-27-34(26-31)28-36(65-7)45(35)51)72-47(62)33(3)54(5)41(58)15-18-67-20-22-69-24-25-70-23-21-68-19-16-52-40(57)14-17-56-42(59)12-13-43(56)60/h9-13,27-28,32-33,37-39,46,64H,14-26,29-30H2,1-8H3,(H,52,57)(H,53,63)/b11-9+,31-10+/t32?,33-,37?,38?,39?,46?,49?,50?/m0/s1. The van der Waals surface area contributed by atoms with Crippen LogP contribution >= 0.6 is 11.6 Å². The molecule has 3 N–H and O–H groups in total. The van der Waals surface area contributed by atoms with E-state index >= 15 is 0 Å². The van der Waals surface area contributed by atoms with Crippen LogP contribution < -0.4 is 20.3 Å². The summed E-state index contributed by atoms with van der Waals surface area (Å²) in [5, 5.41) is 17.2. The normalized spacial score (nSPS) is 26.8. The Morgan fingerprint density at radius 3 is 2.23 bits per heavy atom. The molecule has 0 aromatic heterocycles. The highest BCUT2D eigenvalue weighted by Gasteiger charge is 2.64. The fraction of sp³-hybridized carbons (Fsp3) is 0.620. The minimum atomic E-state index is -1.87. The summed E-state index contributed by atoms with van der Waals surface area (Å²) in [5.74, 6) is -3.07. The summed E-state index contributed by atoms with van der Waals surface area (Å²) in [6.07, 6.45) is 2.82. The summed E-state index contributed by atoms with van der Waals surface area (Å²) in [4.78, 5) is 93.1. The first kappa shape index (κ1) is 58.4. The molecule has 4 aliphatic rings. The van der Waals surface area contributed by atoms with E-state index in [0.717, 1.165) is 16.0 Å². The molecule has 73 heavy (non-hydrogen) atoms. The molecule has 1 aromatic rings. The molecular formula is C50H70ClN5O17. The number of amides is 6. The molecule has 4 aliphatic heterocycles. The number of epoxide rings is 1. The third kappa shape index (κ3) is 16.0. The van der Waals surface area contributed by atoms with Gasteiger partial charge in [-0.05, 0) is 44.9 Å². The molecule has 8 atom stereocenters. The van der Waals surface area contributed by atoms with Crippen LogP contribution in [0.5, 0.6) is 5.75 Å². The number of likely N-dealkylation sites (N-methyl/N-ethyl adjacent to an activating group) is 1. The number of imide groups is 1. The number of alkyl carbamates (subject to hydrolysis) is 1. The molecule has 1 aromatic carbocycles. The van der Waals surface area contributed by atoms with Gasteiger partial charge in [0, 0.05) is 65.2 Å². The van der Waals surface area contributed by atoms with E-state index in [4.69, 9.17) is 54.2 Å². The van der Waals surface area contributed by atoms with Gasteiger partial charge in [0.1, 0.15) is 40.7 Å². The van der Waals surface area contributed by atoms with Crippen LogP contribution in [0, 0.1) is 5.92 Å². The zero-order valence-corrected chi connectivity index (χ0v) is 43.6. The van der Waals surface area contributed by atoms with Crippen molar-refractivity contribution in [2.45, 2.75) is 102 Å². The highest BCUT2D eigenvalue weighted by Crippen LogP contribution is 2.49. The monoisotopic (exact) mass is 1050 g/mol. The maximum absolute atomic E-state index is 14.3. The first-order valence-corrected chi connectivity index (χ1v) is 24.6. The van der Waals surface area contributed by atoms with E-state index in [1.165, 1.54) is 50.1 Å². The summed E-state index contributed by atoms with van der Waals surface area (Å²) < 4.78 is 51.4. The van der Waals surface area contributed by atoms with Crippen LogP contribution in [0.3, 0.4) is 0 Å².